The van der Waals surface area contributed by atoms with Crippen molar-refractivity contribution >= 4 is 43.7 Å². The minimum atomic E-state index is -3.66. The number of hydrogen-bond acceptors (Lipinski definition) is 7. The van der Waals surface area contributed by atoms with Crippen molar-refractivity contribution in [2.45, 2.75) is 4.34 Å². The predicted molar refractivity (Wildman–Crippen MR) is 74.3 cm³/mol. The number of nitrogens with zero attached hydrogens (tertiary/aromatic N) is 1. The highest BCUT2D eigenvalue weighted by Gasteiger charge is 2.01. The summed E-state index contributed by atoms with van der Waals surface area (Å²) in [6.07, 6.45) is 2.05. The molecule has 0 aliphatic heterocycles. The molecule has 2 rings (SSSR count). The van der Waals surface area contributed by atoms with Gasteiger partial charge in [-0.05, 0) is 18.4 Å². The lowest BCUT2D eigenvalue weighted by atomic mass is 10.3. The van der Waals surface area contributed by atoms with Gasteiger partial charge in [0.2, 0.25) is 0 Å². The molecule has 5 nitrogen and oxygen atoms in total. The van der Waals surface area contributed by atoms with Gasteiger partial charge in [-0.3, -0.25) is 8.37 Å². The van der Waals surface area contributed by atoms with Crippen LogP contribution in [-0.4, -0.2) is 33.9 Å². The number of benzene rings is 1. The molecule has 100 valence electrons. The lowest BCUT2D eigenvalue weighted by Gasteiger charge is -1.91. The second-order valence-electron chi connectivity index (χ2n) is 2.89. The molecule has 8 heteroatoms. The summed E-state index contributed by atoms with van der Waals surface area (Å²) in [6, 6.07) is 8.22. The van der Waals surface area contributed by atoms with Crippen LogP contribution in [0.15, 0.2) is 28.6 Å². The van der Waals surface area contributed by atoms with Crippen molar-refractivity contribution in [2.75, 3.05) is 20.5 Å². The van der Waals surface area contributed by atoms with Gasteiger partial charge in [-0.1, -0.05) is 23.9 Å². The second kappa shape index (κ2) is 7.05. The highest BCUT2D eigenvalue weighted by molar-refractivity contribution is 8.00. The second-order valence-corrected chi connectivity index (χ2v) is 6.46. The third-order valence-corrected chi connectivity index (χ3v) is 4.70. The summed E-state index contributed by atoms with van der Waals surface area (Å²) in [6.45, 7) is 0. The largest absolute Gasteiger partial charge is 0.399 e. The lowest BCUT2D eigenvalue weighted by Crippen LogP contribution is -2.02. The third-order valence-electron chi connectivity index (χ3n) is 1.86. The van der Waals surface area contributed by atoms with Crippen LogP contribution in [0.25, 0.3) is 10.2 Å². The van der Waals surface area contributed by atoms with Crippen molar-refractivity contribution < 1.29 is 16.8 Å². The van der Waals surface area contributed by atoms with Gasteiger partial charge >= 0.3 is 10.4 Å². The van der Waals surface area contributed by atoms with Crippen LogP contribution >= 0.6 is 23.1 Å². The Morgan fingerprint density at radius 2 is 1.83 bits per heavy atom. The van der Waals surface area contributed by atoms with Crippen molar-refractivity contribution in [1.82, 2.24) is 4.98 Å². The van der Waals surface area contributed by atoms with Gasteiger partial charge in [0.05, 0.1) is 24.4 Å². The summed E-state index contributed by atoms with van der Waals surface area (Å²) in [5, 5.41) is 0. The summed E-state index contributed by atoms with van der Waals surface area (Å²) < 4.78 is 29.9. The maximum Gasteiger partial charge on any atom is 0.399 e. The fraction of sp³-hybridized carbons (Fsp3) is 0.300. The Bertz CT molecular complexity index is 551. The van der Waals surface area contributed by atoms with E-state index in [0.29, 0.717) is 0 Å². The monoisotopic (exact) mass is 307 g/mol. The number of thioether (sulfide) groups is 1. The van der Waals surface area contributed by atoms with E-state index in [1.165, 1.54) is 4.70 Å². The van der Waals surface area contributed by atoms with Gasteiger partial charge in [-0.15, -0.1) is 11.3 Å². The van der Waals surface area contributed by atoms with E-state index in [4.69, 9.17) is 0 Å². The van der Waals surface area contributed by atoms with Crippen LogP contribution in [-0.2, 0) is 18.8 Å². The van der Waals surface area contributed by atoms with E-state index < -0.39 is 10.4 Å². The highest BCUT2D eigenvalue weighted by atomic mass is 32.3. The standard InChI is InChI=1S/C8H7NS2.C2H6O4S/c1-10-8-9-6-4-2-3-5-7(6)11-8;1-5-7(3,4)6-2/h2-5H,1H3;1-2H3. The highest BCUT2D eigenvalue weighted by Crippen LogP contribution is 2.27. The van der Waals surface area contributed by atoms with E-state index in [1.54, 1.807) is 23.1 Å². The Morgan fingerprint density at radius 3 is 2.28 bits per heavy atom. The molecule has 0 radical (unpaired) electrons. The molecule has 0 spiro atoms. The van der Waals surface area contributed by atoms with Gasteiger partial charge < -0.3 is 0 Å². The lowest BCUT2D eigenvalue weighted by molar-refractivity contribution is 0.286. The molecule has 0 aliphatic carbocycles. The van der Waals surface area contributed by atoms with E-state index >= 15 is 0 Å². The summed E-state index contributed by atoms with van der Waals surface area (Å²) >= 11 is 3.45. The molecule has 1 aromatic heterocycles. The molecule has 0 saturated carbocycles. The molecule has 0 amide bonds. The van der Waals surface area contributed by atoms with Gasteiger partial charge in [-0.2, -0.15) is 8.42 Å². The molecular weight excluding hydrogens is 294 g/mol. The molecule has 1 aromatic carbocycles. The van der Waals surface area contributed by atoms with Gasteiger partial charge in [0.1, 0.15) is 0 Å². The van der Waals surface area contributed by atoms with Gasteiger partial charge in [0.25, 0.3) is 0 Å². The van der Waals surface area contributed by atoms with Crippen molar-refractivity contribution in [1.29, 1.82) is 0 Å². The van der Waals surface area contributed by atoms with E-state index in [2.05, 4.69) is 25.7 Å². The molecule has 0 unspecified atom stereocenters. The molecule has 0 bridgehead atoms. The van der Waals surface area contributed by atoms with Crippen LogP contribution < -0.4 is 0 Å². The average molecular weight is 307 g/mol. The van der Waals surface area contributed by atoms with Crippen LogP contribution in [0.5, 0.6) is 0 Å². The summed E-state index contributed by atoms with van der Waals surface area (Å²) in [4.78, 5) is 4.41. The zero-order valence-electron chi connectivity index (χ0n) is 10.1. The molecule has 1 heterocycles. The zero-order chi connectivity index (χ0) is 13.6. The Labute approximate surface area is 114 Å². The molecular formula is C10H13NO4S3. The number of para-hydroxylation sites is 1. The summed E-state index contributed by atoms with van der Waals surface area (Å²) in [5.74, 6) is 0. The molecule has 0 N–H and O–H groups in total. The van der Waals surface area contributed by atoms with Gasteiger partial charge in [0, 0.05) is 0 Å². The van der Waals surface area contributed by atoms with Crippen molar-refractivity contribution in [3.63, 3.8) is 0 Å². The quantitative estimate of drug-likeness (QED) is 0.812. The molecule has 2 aromatic rings. The first-order valence-corrected chi connectivity index (χ1v) is 8.15. The Hall–Kier alpha value is -0.670. The van der Waals surface area contributed by atoms with Crippen molar-refractivity contribution in [3.8, 4) is 0 Å². The number of fused-ring (bicyclic) bond motifs is 1. The van der Waals surface area contributed by atoms with Gasteiger partial charge in [0.15, 0.2) is 4.34 Å². The number of thiazole rings is 1. The molecule has 0 atom stereocenters. The first kappa shape index (κ1) is 15.4. The predicted octanol–water partition coefficient (Wildman–Crippen LogP) is 2.54. The van der Waals surface area contributed by atoms with Crippen LogP contribution in [0.4, 0.5) is 0 Å². The topological polar surface area (TPSA) is 65.5 Å². The minimum Gasteiger partial charge on any atom is -0.252 e. The van der Waals surface area contributed by atoms with Crippen molar-refractivity contribution in [3.05, 3.63) is 24.3 Å². The van der Waals surface area contributed by atoms with Crippen LogP contribution in [0.3, 0.4) is 0 Å². The van der Waals surface area contributed by atoms with Crippen LogP contribution in [0.1, 0.15) is 0 Å². The zero-order valence-corrected chi connectivity index (χ0v) is 12.6. The van der Waals surface area contributed by atoms with E-state index in [9.17, 15) is 8.42 Å². The maximum absolute atomic E-state index is 9.92. The number of hydrogen-bond donors (Lipinski definition) is 0. The first-order chi connectivity index (χ1) is 8.52. The van der Waals surface area contributed by atoms with Gasteiger partial charge in [-0.25, -0.2) is 4.98 Å². The first-order valence-electron chi connectivity index (χ1n) is 4.78. The number of rotatable bonds is 3. The fourth-order valence-electron chi connectivity index (χ4n) is 1.01. The van der Waals surface area contributed by atoms with Crippen LogP contribution in [0.2, 0.25) is 0 Å². The molecule has 0 saturated heterocycles. The molecule has 0 fully saturated rings. The number of aromatic nitrogens is 1. The summed E-state index contributed by atoms with van der Waals surface area (Å²) in [5.41, 5.74) is 1.11. The fourth-order valence-corrected chi connectivity index (χ4v) is 2.63. The molecule has 0 aliphatic rings. The van der Waals surface area contributed by atoms with Crippen molar-refractivity contribution in [2.24, 2.45) is 0 Å². The summed E-state index contributed by atoms with van der Waals surface area (Å²) in [7, 11) is -1.60. The molecule has 18 heavy (non-hydrogen) atoms. The minimum absolute atomic E-state index is 1.03. The average Bonchev–Trinajstić information content (AvgIpc) is 2.82. The van der Waals surface area contributed by atoms with Crippen LogP contribution in [0, 0.1) is 0 Å². The Balaban J connectivity index is 0.000000203. The Kier molecular flexibility index (Phi) is 6.03. The Morgan fingerprint density at radius 1 is 1.22 bits per heavy atom. The van der Waals surface area contributed by atoms with E-state index in [-0.39, 0.29) is 0 Å². The normalized spacial score (nSPS) is 11.1. The van der Waals surface area contributed by atoms with E-state index in [0.717, 1.165) is 24.1 Å². The maximum atomic E-state index is 9.92. The smallest absolute Gasteiger partial charge is 0.252 e. The SMILES string of the molecule is COS(=O)(=O)OC.CSc1nc2ccccc2s1. The van der Waals surface area contributed by atoms with E-state index in [1.807, 2.05) is 18.2 Å². The third kappa shape index (κ3) is 4.54.